The van der Waals surface area contributed by atoms with E-state index in [1.807, 2.05) is 29.2 Å². The van der Waals surface area contributed by atoms with E-state index in [0.717, 1.165) is 22.9 Å². The molecule has 120 valence electrons. The maximum Gasteiger partial charge on any atom is 0.261 e. The average molecular weight is 378 g/mol. The lowest BCUT2D eigenvalue weighted by Gasteiger charge is -2.25. The quantitative estimate of drug-likeness (QED) is 0.793. The smallest absolute Gasteiger partial charge is 0.261 e. The van der Waals surface area contributed by atoms with Gasteiger partial charge in [-0.2, -0.15) is 0 Å². The van der Waals surface area contributed by atoms with Crippen LogP contribution in [0.3, 0.4) is 0 Å². The van der Waals surface area contributed by atoms with Gasteiger partial charge in [-0.1, -0.05) is 40.2 Å². The van der Waals surface area contributed by atoms with E-state index in [9.17, 15) is 9.18 Å². The molecule has 0 N–H and O–H groups in total. The van der Waals surface area contributed by atoms with Gasteiger partial charge in [-0.15, -0.1) is 0 Å². The summed E-state index contributed by atoms with van der Waals surface area (Å²) in [6, 6.07) is 14.2. The molecule has 1 amide bonds. The lowest BCUT2D eigenvalue weighted by Crippen LogP contribution is -2.34. The molecule has 0 radical (unpaired) electrons. The molecule has 0 aromatic heterocycles. The average Bonchev–Trinajstić information content (AvgIpc) is 3.04. The van der Waals surface area contributed by atoms with Crippen molar-refractivity contribution < 1.29 is 13.9 Å². The molecule has 3 nitrogen and oxygen atoms in total. The van der Waals surface area contributed by atoms with Crippen LogP contribution < -0.4 is 4.74 Å². The second-order valence-electron chi connectivity index (χ2n) is 5.52. The molecule has 1 unspecified atom stereocenters. The van der Waals surface area contributed by atoms with Gasteiger partial charge in [0.2, 0.25) is 0 Å². The van der Waals surface area contributed by atoms with Crippen LogP contribution in [0.4, 0.5) is 4.39 Å². The zero-order valence-corrected chi connectivity index (χ0v) is 14.1. The molecule has 0 spiro atoms. The number of ether oxygens (including phenoxy) is 1. The third kappa shape index (κ3) is 3.72. The van der Waals surface area contributed by atoms with Crippen LogP contribution in [-0.2, 0) is 4.79 Å². The Morgan fingerprint density at radius 1 is 1.22 bits per heavy atom. The van der Waals surface area contributed by atoms with E-state index in [1.165, 1.54) is 12.1 Å². The highest BCUT2D eigenvalue weighted by Gasteiger charge is 2.30. The number of rotatable bonds is 4. The van der Waals surface area contributed by atoms with Crippen molar-refractivity contribution in [2.24, 2.45) is 0 Å². The number of hydrogen-bond acceptors (Lipinski definition) is 2. The molecule has 1 fully saturated rings. The largest absolute Gasteiger partial charge is 0.481 e. The van der Waals surface area contributed by atoms with Gasteiger partial charge in [0.05, 0.1) is 6.04 Å². The number of carbonyl (C=O) groups excluding carboxylic acids is 1. The van der Waals surface area contributed by atoms with Gasteiger partial charge in [0.15, 0.2) is 18.2 Å². The lowest BCUT2D eigenvalue weighted by molar-refractivity contribution is -0.134. The third-order valence-electron chi connectivity index (χ3n) is 4.02. The van der Waals surface area contributed by atoms with Crippen molar-refractivity contribution in [3.8, 4) is 5.75 Å². The molecular formula is C18H17BrFNO2. The Balaban J connectivity index is 1.66. The molecule has 2 aromatic carbocycles. The molecule has 0 bridgehead atoms. The van der Waals surface area contributed by atoms with Crippen molar-refractivity contribution in [2.45, 2.75) is 18.9 Å². The second-order valence-corrected chi connectivity index (χ2v) is 6.43. The third-order valence-corrected chi connectivity index (χ3v) is 4.54. The van der Waals surface area contributed by atoms with Gasteiger partial charge in [0.25, 0.3) is 5.91 Å². The predicted octanol–water partition coefficient (Wildman–Crippen LogP) is 4.33. The Labute approximate surface area is 143 Å². The number of benzene rings is 2. The summed E-state index contributed by atoms with van der Waals surface area (Å²) in [7, 11) is 0. The molecule has 5 heteroatoms. The Morgan fingerprint density at radius 3 is 2.70 bits per heavy atom. The number of nitrogens with zero attached hydrogens (tertiary/aromatic N) is 1. The zero-order valence-electron chi connectivity index (χ0n) is 12.5. The van der Waals surface area contributed by atoms with Crippen LogP contribution in [-0.4, -0.2) is 24.0 Å². The molecule has 2 aromatic rings. The van der Waals surface area contributed by atoms with Gasteiger partial charge in [0.1, 0.15) is 0 Å². The Morgan fingerprint density at radius 2 is 1.96 bits per heavy atom. The SMILES string of the molecule is O=C(COc1ccccc1F)N1CCCC1c1ccc(Br)cc1. The van der Waals surface area contributed by atoms with Crippen LogP contribution in [0.5, 0.6) is 5.75 Å². The lowest BCUT2D eigenvalue weighted by atomic mass is 10.0. The van der Waals surface area contributed by atoms with Crippen LogP contribution >= 0.6 is 15.9 Å². The highest BCUT2D eigenvalue weighted by Crippen LogP contribution is 2.32. The Hall–Kier alpha value is -1.88. The fraction of sp³-hybridized carbons (Fsp3) is 0.278. The van der Waals surface area contributed by atoms with Gasteiger partial charge in [-0.3, -0.25) is 4.79 Å². The molecule has 1 aliphatic heterocycles. The van der Waals surface area contributed by atoms with Gasteiger partial charge in [-0.05, 0) is 42.7 Å². The Kier molecular flexibility index (Phi) is 4.96. The van der Waals surface area contributed by atoms with Gasteiger partial charge in [-0.25, -0.2) is 4.39 Å². The molecule has 1 heterocycles. The second kappa shape index (κ2) is 7.13. The summed E-state index contributed by atoms with van der Waals surface area (Å²) >= 11 is 3.42. The van der Waals surface area contributed by atoms with E-state index < -0.39 is 5.82 Å². The van der Waals surface area contributed by atoms with Crippen molar-refractivity contribution in [3.63, 3.8) is 0 Å². The molecule has 1 atom stereocenters. The summed E-state index contributed by atoms with van der Waals surface area (Å²) in [4.78, 5) is 14.3. The molecule has 3 rings (SSSR count). The summed E-state index contributed by atoms with van der Waals surface area (Å²) in [6.07, 6.45) is 1.90. The molecule has 0 aliphatic carbocycles. The van der Waals surface area contributed by atoms with Gasteiger partial charge >= 0.3 is 0 Å². The first kappa shape index (κ1) is 16.0. The number of amides is 1. The van der Waals surface area contributed by atoms with Crippen molar-refractivity contribution in [3.05, 3.63) is 64.4 Å². The normalized spacial score (nSPS) is 17.3. The number of carbonyl (C=O) groups is 1. The molecule has 1 aliphatic rings. The minimum absolute atomic E-state index is 0.0693. The first-order valence-corrected chi connectivity index (χ1v) is 8.37. The molecule has 0 saturated carbocycles. The van der Waals surface area contributed by atoms with E-state index in [2.05, 4.69) is 15.9 Å². The number of para-hydroxylation sites is 1. The summed E-state index contributed by atoms with van der Waals surface area (Å²) < 4.78 is 19.9. The minimum atomic E-state index is -0.453. The standard InChI is InChI=1S/C18H17BrFNO2/c19-14-9-7-13(8-10-14)16-5-3-11-21(16)18(22)12-23-17-6-2-1-4-15(17)20/h1-2,4,6-10,16H,3,5,11-12H2. The van der Waals surface area contributed by atoms with Crippen molar-refractivity contribution in [1.29, 1.82) is 0 Å². The van der Waals surface area contributed by atoms with E-state index in [1.54, 1.807) is 12.1 Å². The summed E-state index contributed by atoms with van der Waals surface area (Å²) in [5.74, 6) is -0.454. The van der Waals surface area contributed by atoms with Crippen LogP contribution in [0.15, 0.2) is 53.0 Å². The van der Waals surface area contributed by atoms with E-state index in [-0.39, 0.29) is 24.3 Å². The van der Waals surface area contributed by atoms with Crippen LogP contribution in [0.25, 0.3) is 0 Å². The van der Waals surface area contributed by atoms with Gasteiger partial charge < -0.3 is 9.64 Å². The maximum atomic E-state index is 13.5. The van der Waals surface area contributed by atoms with Gasteiger partial charge in [0, 0.05) is 11.0 Å². The van der Waals surface area contributed by atoms with Crippen LogP contribution in [0.2, 0.25) is 0 Å². The van der Waals surface area contributed by atoms with Crippen molar-refractivity contribution in [2.75, 3.05) is 13.2 Å². The van der Waals surface area contributed by atoms with E-state index >= 15 is 0 Å². The number of hydrogen-bond donors (Lipinski definition) is 0. The number of likely N-dealkylation sites (tertiary alicyclic amines) is 1. The Bertz CT molecular complexity index is 690. The highest BCUT2D eigenvalue weighted by atomic mass is 79.9. The van der Waals surface area contributed by atoms with E-state index in [4.69, 9.17) is 4.74 Å². The highest BCUT2D eigenvalue weighted by molar-refractivity contribution is 9.10. The van der Waals surface area contributed by atoms with E-state index in [0.29, 0.717) is 6.54 Å². The monoisotopic (exact) mass is 377 g/mol. The molecule has 23 heavy (non-hydrogen) atoms. The predicted molar refractivity (Wildman–Crippen MR) is 89.7 cm³/mol. The molecular weight excluding hydrogens is 361 g/mol. The fourth-order valence-corrected chi connectivity index (χ4v) is 3.15. The summed E-state index contributed by atoms with van der Waals surface area (Å²) in [6.45, 7) is 0.564. The summed E-state index contributed by atoms with van der Waals surface area (Å²) in [5, 5.41) is 0. The minimum Gasteiger partial charge on any atom is -0.481 e. The van der Waals surface area contributed by atoms with Crippen LogP contribution in [0.1, 0.15) is 24.4 Å². The first-order chi connectivity index (χ1) is 11.1. The topological polar surface area (TPSA) is 29.5 Å². The molecule has 1 saturated heterocycles. The number of halogens is 2. The zero-order chi connectivity index (χ0) is 16.2. The maximum absolute atomic E-state index is 13.5. The van der Waals surface area contributed by atoms with Crippen molar-refractivity contribution in [1.82, 2.24) is 4.90 Å². The summed E-state index contributed by atoms with van der Waals surface area (Å²) in [5.41, 5.74) is 1.12. The van der Waals surface area contributed by atoms with Crippen molar-refractivity contribution >= 4 is 21.8 Å². The fourth-order valence-electron chi connectivity index (χ4n) is 2.88. The first-order valence-electron chi connectivity index (χ1n) is 7.57. The van der Waals surface area contributed by atoms with Crippen LogP contribution in [0, 0.1) is 5.82 Å².